The second kappa shape index (κ2) is 6.69. The van der Waals surface area contributed by atoms with Crippen molar-refractivity contribution in [1.29, 1.82) is 0 Å². The van der Waals surface area contributed by atoms with Crippen molar-refractivity contribution in [2.75, 3.05) is 18.4 Å². The number of para-hydroxylation sites is 1. The molecular weight excluding hydrogens is 303 g/mol. The van der Waals surface area contributed by atoms with Gasteiger partial charge in [0, 0.05) is 25.7 Å². The first kappa shape index (κ1) is 14.7. The summed E-state index contributed by atoms with van der Waals surface area (Å²) < 4.78 is 0. The molecule has 0 aliphatic carbocycles. The highest BCUT2D eigenvalue weighted by Crippen LogP contribution is 2.31. The summed E-state index contributed by atoms with van der Waals surface area (Å²) in [4.78, 5) is 2.46. The van der Waals surface area contributed by atoms with Crippen LogP contribution >= 0.6 is 23.2 Å². The van der Waals surface area contributed by atoms with E-state index < -0.39 is 0 Å². The smallest absolute Gasteiger partial charge is 0.0721 e. The van der Waals surface area contributed by atoms with Crippen LogP contribution in [0.3, 0.4) is 0 Å². The Morgan fingerprint density at radius 3 is 2.43 bits per heavy atom. The van der Waals surface area contributed by atoms with Gasteiger partial charge in [-0.2, -0.15) is 0 Å². The van der Waals surface area contributed by atoms with E-state index in [2.05, 4.69) is 40.5 Å². The Morgan fingerprint density at radius 1 is 1.00 bits per heavy atom. The van der Waals surface area contributed by atoms with Gasteiger partial charge in [-0.05, 0) is 24.1 Å². The molecule has 3 rings (SSSR count). The summed E-state index contributed by atoms with van der Waals surface area (Å²) in [6.45, 7) is 3.10. The molecule has 2 aromatic rings. The Bertz CT molecular complexity index is 581. The first-order valence-electron chi connectivity index (χ1n) is 7.19. The van der Waals surface area contributed by atoms with E-state index in [0.29, 0.717) is 16.1 Å². The first-order chi connectivity index (χ1) is 10.2. The van der Waals surface area contributed by atoms with Crippen LogP contribution in [0, 0.1) is 0 Å². The van der Waals surface area contributed by atoms with Gasteiger partial charge in [-0.1, -0.05) is 59.6 Å². The minimum Gasteiger partial charge on any atom is -0.379 e. The molecule has 1 heterocycles. The molecular formula is C17H18Cl2N2. The van der Waals surface area contributed by atoms with Crippen molar-refractivity contribution >= 4 is 28.9 Å². The molecule has 0 spiro atoms. The predicted octanol–water partition coefficient (Wildman–Crippen LogP) is 4.68. The van der Waals surface area contributed by atoms with Gasteiger partial charge in [0.1, 0.15) is 0 Å². The summed E-state index contributed by atoms with van der Waals surface area (Å²) in [5.41, 5.74) is 2.21. The van der Waals surface area contributed by atoms with Crippen LogP contribution in [0.1, 0.15) is 12.0 Å². The van der Waals surface area contributed by atoms with Crippen LogP contribution in [-0.4, -0.2) is 24.0 Å². The van der Waals surface area contributed by atoms with Crippen molar-refractivity contribution in [3.8, 4) is 0 Å². The molecule has 21 heavy (non-hydrogen) atoms. The fraction of sp³-hybridized carbons (Fsp3) is 0.294. The van der Waals surface area contributed by atoms with Crippen LogP contribution in [0.2, 0.25) is 10.0 Å². The summed E-state index contributed by atoms with van der Waals surface area (Å²) in [6.07, 6.45) is 1.11. The molecule has 1 fully saturated rings. The van der Waals surface area contributed by atoms with Gasteiger partial charge in [0.05, 0.1) is 15.7 Å². The van der Waals surface area contributed by atoms with Gasteiger partial charge >= 0.3 is 0 Å². The van der Waals surface area contributed by atoms with Crippen molar-refractivity contribution in [1.82, 2.24) is 4.90 Å². The molecule has 1 aliphatic rings. The van der Waals surface area contributed by atoms with Crippen molar-refractivity contribution in [2.45, 2.75) is 19.0 Å². The van der Waals surface area contributed by atoms with Gasteiger partial charge < -0.3 is 5.32 Å². The second-order valence-corrected chi connectivity index (χ2v) is 6.26. The standard InChI is InChI=1S/C17H18Cl2N2/c18-15-7-4-8-16(19)17(15)20-14-9-10-21(12-14)11-13-5-2-1-3-6-13/h1-8,14,20H,9-12H2. The number of halogens is 2. The zero-order chi connectivity index (χ0) is 14.7. The molecule has 4 heteroatoms. The zero-order valence-corrected chi connectivity index (χ0v) is 13.2. The molecule has 110 valence electrons. The molecule has 1 aliphatic heterocycles. The van der Waals surface area contributed by atoms with Gasteiger partial charge in [0.25, 0.3) is 0 Å². The van der Waals surface area contributed by atoms with Gasteiger partial charge in [0.2, 0.25) is 0 Å². The average molecular weight is 321 g/mol. The first-order valence-corrected chi connectivity index (χ1v) is 7.95. The largest absolute Gasteiger partial charge is 0.379 e. The maximum atomic E-state index is 6.21. The maximum absolute atomic E-state index is 6.21. The lowest BCUT2D eigenvalue weighted by atomic mass is 10.2. The second-order valence-electron chi connectivity index (χ2n) is 5.45. The quantitative estimate of drug-likeness (QED) is 0.879. The van der Waals surface area contributed by atoms with Crippen LogP contribution < -0.4 is 5.32 Å². The number of hydrogen-bond acceptors (Lipinski definition) is 2. The Balaban J connectivity index is 1.60. The Hall–Kier alpha value is -1.22. The zero-order valence-electron chi connectivity index (χ0n) is 11.7. The fourth-order valence-corrected chi connectivity index (χ4v) is 3.28. The Kier molecular flexibility index (Phi) is 4.69. The van der Waals surface area contributed by atoms with Gasteiger partial charge in [0.15, 0.2) is 0 Å². The number of likely N-dealkylation sites (tertiary alicyclic amines) is 1. The van der Waals surface area contributed by atoms with E-state index in [1.807, 2.05) is 18.2 Å². The van der Waals surface area contributed by atoms with E-state index >= 15 is 0 Å². The molecule has 2 nitrogen and oxygen atoms in total. The lowest BCUT2D eigenvalue weighted by molar-refractivity contribution is 0.328. The topological polar surface area (TPSA) is 15.3 Å². The van der Waals surface area contributed by atoms with Crippen molar-refractivity contribution in [2.24, 2.45) is 0 Å². The Morgan fingerprint density at radius 2 is 1.71 bits per heavy atom. The van der Waals surface area contributed by atoms with Crippen LogP contribution in [0.5, 0.6) is 0 Å². The van der Waals surface area contributed by atoms with Crippen LogP contribution in [0.4, 0.5) is 5.69 Å². The number of benzene rings is 2. The lowest BCUT2D eigenvalue weighted by Crippen LogP contribution is -2.26. The summed E-state index contributed by atoms with van der Waals surface area (Å²) in [6, 6.07) is 16.6. The van der Waals surface area contributed by atoms with Crippen LogP contribution in [-0.2, 0) is 6.54 Å². The monoisotopic (exact) mass is 320 g/mol. The minimum absolute atomic E-state index is 0.395. The molecule has 1 N–H and O–H groups in total. The Labute approximate surface area is 135 Å². The highest BCUT2D eigenvalue weighted by Gasteiger charge is 2.23. The van der Waals surface area contributed by atoms with Crippen molar-refractivity contribution < 1.29 is 0 Å². The highest BCUT2D eigenvalue weighted by atomic mass is 35.5. The van der Waals surface area contributed by atoms with E-state index in [-0.39, 0.29) is 0 Å². The molecule has 1 atom stereocenters. The number of anilines is 1. The van der Waals surface area contributed by atoms with Gasteiger partial charge in [-0.15, -0.1) is 0 Å². The third kappa shape index (κ3) is 3.70. The average Bonchev–Trinajstić information content (AvgIpc) is 2.91. The fourth-order valence-electron chi connectivity index (χ4n) is 2.78. The highest BCUT2D eigenvalue weighted by molar-refractivity contribution is 6.39. The summed E-state index contributed by atoms with van der Waals surface area (Å²) in [5, 5.41) is 4.86. The molecule has 0 bridgehead atoms. The molecule has 0 aromatic heterocycles. The summed E-state index contributed by atoms with van der Waals surface area (Å²) in [7, 11) is 0. The molecule has 2 aromatic carbocycles. The molecule has 1 saturated heterocycles. The van der Waals surface area contributed by atoms with Crippen molar-refractivity contribution in [3.63, 3.8) is 0 Å². The molecule has 0 amide bonds. The van der Waals surface area contributed by atoms with E-state index in [9.17, 15) is 0 Å². The van der Waals surface area contributed by atoms with E-state index in [4.69, 9.17) is 23.2 Å². The SMILES string of the molecule is Clc1cccc(Cl)c1NC1CCN(Cc2ccccc2)C1. The van der Waals surface area contributed by atoms with Crippen molar-refractivity contribution in [3.05, 3.63) is 64.1 Å². The molecule has 0 saturated carbocycles. The third-order valence-electron chi connectivity index (χ3n) is 3.83. The predicted molar refractivity (Wildman–Crippen MR) is 90.2 cm³/mol. The lowest BCUT2D eigenvalue weighted by Gasteiger charge is -2.18. The normalized spacial score (nSPS) is 18.9. The molecule has 1 unspecified atom stereocenters. The number of nitrogens with zero attached hydrogens (tertiary/aromatic N) is 1. The number of hydrogen-bond donors (Lipinski definition) is 1. The number of nitrogens with one attached hydrogen (secondary N) is 1. The third-order valence-corrected chi connectivity index (χ3v) is 4.46. The van der Waals surface area contributed by atoms with E-state index in [0.717, 1.165) is 31.7 Å². The van der Waals surface area contributed by atoms with E-state index in [1.165, 1.54) is 5.56 Å². The van der Waals surface area contributed by atoms with E-state index in [1.54, 1.807) is 0 Å². The minimum atomic E-state index is 0.395. The van der Waals surface area contributed by atoms with Gasteiger partial charge in [-0.25, -0.2) is 0 Å². The maximum Gasteiger partial charge on any atom is 0.0721 e. The van der Waals surface area contributed by atoms with Crippen LogP contribution in [0.25, 0.3) is 0 Å². The molecule has 0 radical (unpaired) electrons. The van der Waals surface area contributed by atoms with Crippen LogP contribution in [0.15, 0.2) is 48.5 Å². The number of rotatable bonds is 4. The summed E-state index contributed by atoms with van der Waals surface area (Å²) >= 11 is 12.4. The van der Waals surface area contributed by atoms with Gasteiger partial charge in [-0.3, -0.25) is 4.90 Å². The summed E-state index contributed by atoms with van der Waals surface area (Å²) in [5.74, 6) is 0.